The Labute approximate surface area is 168 Å². The van der Waals surface area contributed by atoms with Gasteiger partial charge in [0.15, 0.2) is 17.5 Å². The number of carbonyl (C=O) groups excluding carboxylic acids is 1. The van der Waals surface area contributed by atoms with Crippen molar-refractivity contribution in [1.82, 2.24) is 5.17 Å². The van der Waals surface area contributed by atoms with E-state index in [1.54, 1.807) is 44.2 Å². The Morgan fingerprint density at radius 3 is 2.24 bits per heavy atom. The second kappa shape index (κ2) is 10.5. The zero-order valence-electron chi connectivity index (χ0n) is 16.0. The maximum absolute atomic E-state index is 12.3. The number of hydroxylamine groups is 1. The standard InChI is InChI=1S/C18H20N3O7P/c1-13(2)26-18(22)14(3)20(19-29(25)28-17-7-5-4-6-8-17)27-16-11-9-15(10-12-16)21(23)24/h4-14H,1-3H3/t14-/m0/s1. The van der Waals surface area contributed by atoms with Crippen molar-refractivity contribution in [3.8, 4) is 11.5 Å². The highest BCUT2D eigenvalue weighted by molar-refractivity contribution is 7.33. The van der Waals surface area contributed by atoms with Crippen LogP contribution in [-0.2, 0) is 9.53 Å². The minimum absolute atomic E-state index is 0.133. The molecule has 0 fully saturated rings. The normalized spacial score (nSPS) is 12.6. The first-order chi connectivity index (χ1) is 13.8. The number of benzene rings is 2. The van der Waals surface area contributed by atoms with Crippen LogP contribution < -0.4 is 14.3 Å². The molecule has 0 saturated carbocycles. The highest BCUT2D eigenvalue weighted by atomic mass is 31.1. The monoisotopic (exact) mass is 421 g/mol. The van der Waals surface area contributed by atoms with Gasteiger partial charge in [0, 0.05) is 17.3 Å². The summed E-state index contributed by atoms with van der Waals surface area (Å²) in [6, 6.07) is 12.4. The lowest BCUT2D eigenvalue weighted by Crippen LogP contribution is -2.39. The Morgan fingerprint density at radius 1 is 1.07 bits per heavy atom. The smallest absolute Gasteiger partial charge is 0.416 e. The van der Waals surface area contributed by atoms with Gasteiger partial charge in [-0.1, -0.05) is 18.2 Å². The van der Waals surface area contributed by atoms with Gasteiger partial charge in [-0.25, -0.2) is 0 Å². The molecular weight excluding hydrogens is 401 g/mol. The number of non-ortho nitro benzene ring substituents is 1. The van der Waals surface area contributed by atoms with Crippen LogP contribution in [0.2, 0.25) is 0 Å². The fraction of sp³-hybridized carbons (Fsp3) is 0.278. The molecule has 0 N–H and O–H groups in total. The molecule has 0 radical (unpaired) electrons. The summed E-state index contributed by atoms with van der Waals surface area (Å²) in [5.74, 6) is -0.189. The van der Waals surface area contributed by atoms with Crippen LogP contribution in [0, 0.1) is 10.1 Å². The van der Waals surface area contributed by atoms with Gasteiger partial charge < -0.3 is 14.5 Å². The first kappa shape index (κ1) is 22.2. The minimum atomic E-state index is -2.63. The van der Waals surface area contributed by atoms with Crippen molar-refractivity contribution < 1.29 is 28.7 Å². The quantitative estimate of drug-likeness (QED) is 0.261. The lowest BCUT2D eigenvalue weighted by atomic mass is 10.3. The van der Waals surface area contributed by atoms with E-state index in [4.69, 9.17) is 14.1 Å². The molecule has 0 bridgehead atoms. The molecule has 1 unspecified atom stereocenters. The molecule has 0 spiro atoms. The predicted octanol–water partition coefficient (Wildman–Crippen LogP) is 3.38. The fourth-order valence-corrected chi connectivity index (χ4v) is 2.67. The third-order valence-corrected chi connectivity index (χ3v) is 4.05. The molecule has 2 aromatic rings. The van der Waals surface area contributed by atoms with Gasteiger partial charge in [0.2, 0.25) is 0 Å². The van der Waals surface area contributed by atoms with Crippen molar-refractivity contribution >= 4 is 19.8 Å². The van der Waals surface area contributed by atoms with Crippen LogP contribution in [0.4, 0.5) is 5.69 Å². The van der Waals surface area contributed by atoms with E-state index in [2.05, 4.69) is 4.85 Å². The maximum Gasteiger partial charge on any atom is 0.416 e. The number of nitro groups is 1. The molecule has 2 rings (SSSR count). The molecule has 0 heterocycles. The Kier molecular flexibility index (Phi) is 8.02. The van der Waals surface area contributed by atoms with Gasteiger partial charge in [0.1, 0.15) is 0 Å². The third kappa shape index (κ3) is 7.11. The number of hydrogen-bond donors (Lipinski definition) is 0. The topological polar surface area (TPSA) is 127 Å². The summed E-state index contributed by atoms with van der Waals surface area (Å²) < 4.78 is 10.4. The largest absolute Gasteiger partial charge is 0.574 e. The van der Waals surface area contributed by atoms with Gasteiger partial charge in [-0.05, 0) is 45.0 Å². The first-order valence-electron chi connectivity index (χ1n) is 8.60. The minimum Gasteiger partial charge on any atom is -0.574 e. The van der Waals surface area contributed by atoms with E-state index in [-0.39, 0.29) is 17.5 Å². The average Bonchev–Trinajstić information content (AvgIpc) is 2.67. The number of carbonyl (C=O) groups is 1. The van der Waals surface area contributed by atoms with Crippen molar-refractivity contribution in [1.29, 1.82) is 0 Å². The molecule has 29 heavy (non-hydrogen) atoms. The van der Waals surface area contributed by atoms with E-state index in [0.717, 1.165) is 5.17 Å². The average molecular weight is 421 g/mol. The van der Waals surface area contributed by atoms with Crippen LogP contribution in [0.5, 0.6) is 11.5 Å². The lowest BCUT2D eigenvalue weighted by molar-refractivity contribution is -0.384. The van der Waals surface area contributed by atoms with Gasteiger partial charge in [0.05, 0.1) is 15.9 Å². The van der Waals surface area contributed by atoms with Crippen molar-refractivity contribution in [2.24, 2.45) is 4.85 Å². The number of rotatable bonds is 9. The number of para-hydroxylation sites is 1. The summed E-state index contributed by atoms with van der Waals surface area (Å²) in [6.07, 6.45) is -0.375. The molecule has 0 aliphatic heterocycles. The first-order valence-corrected chi connectivity index (χ1v) is 9.73. The summed E-state index contributed by atoms with van der Waals surface area (Å²) in [7, 11) is -2.63. The van der Waals surface area contributed by atoms with Gasteiger partial charge >= 0.3 is 14.1 Å². The molecule has 2 atom stereocenters. The van der Waals surface area contributed by atoms with Gasteiger partial charge in [0.25, 0.3) is 5.69 Å². The van der Waals surface area contributed by atoms with Crippen molar-refractivity contribution in [2.75, 3.05) is 0 Å². The van der Waals surface area contributed by atoms with E-state index in [1.165, 1.54) is 31.2 Å². The Morgan fingerprint density at radius 2 is 1.69 bits per heavy atom. The van der Waals surface area contributed by atoms with Crippen LogP contribution in [0.15, 0.2) is 59.5 Å². The Balaban J connectivity index is 2.23. The molecule has 154 valence electrons. The summed E-state index contributed by atoms with van der Waals surface area (Å²) in [6.45, 7) is 4.82. The lowest BCUT2D eigenvalue weighted by Gasteiger charge is -2.21. The maximum atomic E-state index is 12.3. The molecule has 11 heteroatoms. The third-order valence-electron chi connectivity index (χ3n) is 3.36. The zero-order chi connectivity index (χ0) is 21.4. The molecule has 0 aliphatic carbocycles. The molecular formula is C18H20N3O7P. The van der Waals surface area contributed by atoms with Crippen molar-refractivity contribution in [2.45, 2.75) is 32.9 Å². The van der Waals surface area contributed by atoms with Gasteiger partial charge in [-0.15, -0.1) is 0 Å². The van der Waals surface area contributed by atoms with Crippen LogP contribution in [0.1, 0.15) is 20.8 Å². The summed E-state index contributed by atoms with van der Waals surface area (Å²) in [4.78, 5) is 44.1. The van der Waals surface area contributed by atoms with E-state index in [9.17, 15) is 19.8 Å². The molecule has 2 aromatic carbocycles. The molecule has 0 aromatic heterocycles. The van der Waals surface area contributed by atoms with Crippen LogP contribution >= 0.6 is 8.17 Å². The number of nitro benzene ring substituents is 1. The van der Waals surface area contributed by atoms with Gasteiger partial charge in [-0.3, -0.25) is 19.4 Å². The molecule has 0 aliphatic rings. The number of nitrogens with zero attached hydrogens (tertiary/aromatic N) is 3. The Hall–Kier alpha value is -3.07. The van der Waals surface area contributed by atoms with E-state index in [1.807, 2.05) is 0 Å². The number of hydrogen-bond acceptors (Lipinski definition) is 8. The van der Waals surface area contributed by atoms with Crippen molar-refractivity contribution in [3.63, 3.8) is 0 Å². The zero-order valence-corrected chi connectivity index (χ0v) is 16.9. The molecule has 10 nitrogen and oxygen atoms in total. The predicted molar refractivity (Wildman–Crippen MR) is 103 cm³/mol. The van der Waals surface area contributed by atoms with Crippen molar-refractivity contribution in [3.05, 3.63) is 64.7 Å². The SMILES string of the molecule is CC(C)OC(=O)[C@H](C)N(/N=[P+](\[O-])Oc1ccccc1)Oc1ccc([N+](=O)[O-])cc1. The number of esters is 1. The van der Waals surface area contributed by atoms with Crippen LogP contribution in [0.25, 0.3) is 0 Å². The highest BCUT2D eigenvalue weighted by Gasteiger charge is 2.29. The van der Waals surface area contributed by atoms with Gasteiger partial charge in [-0.2, -0.15) is 0 Å². The summed E-state index contributed by atoms with van der Waals surface area (Å²) in [5, 5.41) is 11.6. The van der Waals surface area contributed by atoms with E-state index < -0.39 is 25.1 Å². The molecule has 0 amide bonds. The second-order valence-electron chi connectivity index (χ2n) is 6.04. The highest BCUT2D eigenvalue weighted by Crippen LogP contribution is 2.26. The summed E-state index contributed by atoms with van der Waals surface area (Å²) in [5.41, 5.74) is -0.133. The summed E-state index contributed by atoms with van der Waals surface area (Å²) >= 11 is 0. The van der Waals surface area contributed by atoms with Crippen LogP contribution in [0.3, 0.4) is 0 Å². The van der Waals surface area contributed by atoms with Crippen LogP contribution in [-0.4, -0.2) is 28.2 Å². The molecule has 0 saturated heterocycles. The van der Waals surface area contributed by atoms with E-state index >= 15 is 0 Å². The fourth-order valence-electron chi connectivity index (χ4n) is 1.99. The Bertz CT molecular complexity index is 860. The second-order valence-corrected chi connectivity index (χ2v) is 6.88. The van der Waals surface area contributed by atoms with E-state index in [0.29, 0.717) is 5.75 Å². The number of ether oxygens (including phenoxy) is 1.